The number of terminal acetylenes is 1. The van der Waals surface area contributed by atoms with Crippen molar-refractivity contribution in [2.24, 2.45) is 0 Å². The van der Waals surface area contributed by atoms with Gasteiger partial charge in [-0.25, -0.2) is 4.68 Å². The van der Waals surface area contributed by atoms with Gasteiger partial charge in [-0.3, -0.25) is 4.79 Å². The molecular formula is C11H14ClN3O. The van der Waals surface area contributed by atoms with Gasteiger partial charge in [-0.1, -0.05) is 24.4 Å². The van der Waals surface area contributed by atoms with Gasteiger partial charge >= 0.3 is 0 Å². The van der Waals surface area contributed by atoms with Crippen LogP contribution in [0.4, 0.5) is 5.69 Å². The highest BCUT2D eigenvalue weighted by molar-refractivity contribution is 6.33. The van der Waals surface area contributed by atoms with Gasteiger partial charge in [-0.2, -0.15) is 5.10 Å². The minimum absolute atomic E-state index is 0.144. The van der Waals surface area contributed by atoms with Crippen molar-refractivity contribution in [3.8, 4) is 12.3 Å². The van der Waals surface area contributed by atoms with Crippen LogP contribution in [0.25, 0.3) is 0 Å². The van der Waals surface area contributed by atoms with Crippen LogP contribution < -0.4 is 10.9 Å². The lowest BCUT2D eigenvalue weighted by Gasteiger charge is -2.14. The van der Waals surface area contributed by atoms with E-state index in [0.29, 0.717) is 10.7 Å². The molecule has 5 heteroatoms. The summed E-state index contributed by atoms with van der Waals surface area (Å²) in [5, 5.41) is 7.22. The molecule has 1 aromatic rings. The Hall–Kier alpha value is -1.47. The van der Waals surface area contributed by atoms with E-state index in [2.05, 4.69) is 16.3 Å². The van der Waals surface area contributed by atoms with Crippen LogP contribution in [0.2, 0.25) is 5.02 Å². The Bertz CT molecular complexity index is 461. The number of aromatic nitrogens is 2. The largest absolute Gasteiger partial charge is 0.377 e. The van der Waals surface area contributed by atoms with E-state index in [-0.39, 0.29) is 18.1 Å². The van der Waals surface area contributed by atoms with E-state index in [9.17, 15) is 4.79 Å². The van der Waals surface area contributed by atoms with Crippen molar-refractivity contribution in [2.75, 3.05) is 5.32 Å². The van der Waals surface area contributed by atoms with Crippen LogP contribution in [0.5, 0.6) is 0 Å². The van der Waals surface area contributed by atoms with Gasteiger partial charge in [0, 0.05) is 6.04 Å². The first kappa shape index (κ1) is 12.6. The third kappa shape index (κ3) is 2.77. The first-order chi connectivity index (χ1) is 7.60. The van der Waals surface area contributed by atoms with Crippen LogP contribution in [0.1, 0.15) is 20.3 Å². The van der Waals surface area contributed by atoms with Crippen molar-refractivity contribution in [3.63, 3.8) is 0 Å². The van der Waals surface area contributed by atoms with E-state index in [0.717, 1.165) is 6.42 Å². The maximum atomic E-state index is 11.9. The Morgan fingerprint density at radius 3 is 3.00 bits per heavy atom. The van der Waals surface area contributed by atoms with Gasteiger partial charge in [0.05, 0.1) is 11.2 Å². The summed E-state index contributed by atoms with van der Waals surface area (Å²) in [6.07, 6.45) is 7.46. The zero-order valence-corrected chi connectivity index (χ0v) is 10.1. The first-order valence-electron chi connectivity index (χ1n) is 5.05. The summed E-state index contributed by atoms with van der Waals surface area (Å²) in [5.74, 6) is 2.37. The molecule has 1 rings (SSSR count). The number of rotatable bonds is 4. The lowest BCUT2D eigenvalue weighted by molar-refractivity contribution is 0.659. The molecule has 0 aliphatic rings. The molecule has 86 valence electrons. The van der Waals surface area contributed by atoms with Gasteiger partial charge in [0.25, 0.3) is 5.56 Å². The van der Waals surface area contributed by atoms with Crippen molar-refractivity contribution in [2.45, 2.75) is 32.9 Å². The standard InChI is InChI=1S/C11H14ClN3O/c1-4-6-15-11(16)10(9(12)7-13-15)14-8(3)5-2/h1,7-8,14H,5-6H2,2-3H3. The topological polar surface area (TPSA) is 46.9 Å². The summed E-state index contributed by atoms with van der Waals surface area (Å²) in [6, 6.07) is 0.173. The van der Waals surface area contributed by atoms with Crippen molar-refractivity contribution in [1.29, 1.82) is 0 Å². The maximum Gasteiger partial charge on any atom is 0.292 e. The van der Waals surface area contributed by atoms with Crippen molar-refractivity contribution >= 4 is 17.3 Å². The molecule has 0 saturated heterocycles. The quantitative estimate of drug-likeness (QED) is 0.815. The van der Waals surface area contributed by atoms with E-state index in [1.54, 1.807) is 0 Å². The van der Waals surface area contributed by atoms with Gasteiger partial charge in [-0.05, 0) is 13.3 Å². The molecule has 0 spiro atoms. The van der Waals surface area contributed by atoms with E-state index in [1.165, 1.54) is 10.9 Å². The minimum atomic E-state index is -0.286. The molecule has 1 unspecified atom stereocenters. The monoisotopic (exact) mass is 239 g/mol. The number of hydrogen-bond acceptors (Lipinski definition) is 3. The molecule has 1 aromatic heterocycles. The lowest BCUT2D eigenvalue weighted by atomic mass is 10.2. The Balaban J connectivity index is 3.12. The predicted molar refractivity (Wildman–Crippen MR) is 65.7 cm³/mol. The number of anilines is 1. The van der Waals surface area contributed by atoms with Gasteiger partial charge in [0.1, 0.15) is 12.2 Å². The molecule has 1 N–H and O–H groups in total. The van der Waals surface area contributed by atoms with Gasteiger partial charge in [0.15, 0.2) is 0 Å². The summed E-state index contributed by atoms with van der Waals surface area (Å²) in [4.78, 5) is 11.9. The molecule has 16 heavy (non-hydrogen) atoms. The Kier molecular flexibility index (Phi) is 4.39. The normalized spacial score (nSPS) is 11.9. The molecule has 1 heterocycles. The summed E-state index contributed by atoms with van der Waals surface area (Å²) < 4.78 is 1.20. The van der Waals surface area contributed by atoms with Gasteiger partial charge in [-0.15, -0.1) is 6.42 Å². The predicted octanol–water partition coefficient (Wildman–Crippen LogP) is 1.74. The number of hydrogen-bond donors (Lipinski definition) is 1. The van der Waals surface area contributed by atoms with Crippen LogP contribution in [-0.2, 0) is 6.54 Å². The third-order valence-electron chi connectivity index (χ3n) is 2.24. The number of nitrogens with one attached hydrogen (secondary N) is 1. The molecule has 0 aliphatic heterocycles. The fourth-order valence-corrected chi connectivity index (χ4v) is 1.33. The zero-order valence-electron chi connectivity index (χ0n) is 9.33. The van der Waals surface area contributed by atoms with E-state index < -0.39 is 0 Å². The Morgan fingerprint density at radius 1 is 1.75 bits per heavy atom. The lowest BCUT2D eigenvalue weighted by Crippen LogP contribution is -2.28. The van der Waals surface area contributed by atoms with Crippen LogP contribution in [0.15, 0.2) is 11.0 Å². The average Bonchev–Trinajstić information content (AvgIpc) is 2.28. The number of halogens is 1. The third-order valence-corrected chi connectivity index (χ3v) is 2.53. The van der Waals surface area contributed by atoms with Gasteiger partial charge in [0.2, 0.25) is 0 Å². The molecule has 0 bridgehead atoms. The fraction of sp³-hybridized carbons (Fsp3) is 0.455. The molecular weight excluding hydrogens is 226 g/mol. The highest BCUT2D eigenvalue weighted by Gasteiger charge is 2.11. The molecule has 0 amide bonds. The van der Waals surface area contributed by atoms with Crippen LogP contribution >= 0.6 is 11.6 Å². The zero-order chi connectivity index (χ0) is 12.1. The summed E-state index contributed by atoms with van der Waals surface area (Å²) in [5.41, 5.74) is 0.0759. The first-order valence-corrected chi connectivity index (χ1v) is 5.43. The number of nitrogens with zero attached hydrogens (tertiary/aromatic N) is 2. The second-order valence-corrected chi connectivity index (χ2v) is 3.90. The summed E-state index contributed by atoms with van der Waals surface area (Å²) >= 11 is 5.91. The molecule has 0 aromatic carbocycles. The second kappa shape index (κ2) is 5.57. The molecule has 0 aliphatic carbocycles. The fourth-order valence-electron chi connectivity index (χ4n) is 1.15. The van der Waals surface area contributed by atoms with Crippen LogP contribution in [0, 0.1) is 12.3 Å². The minimum Gasteiger partial charge on any atom is -0.377 e. The Morgan fingerprint density at radius 2 is 2.44 bits per heavy atom. The molecule has 0 radical (unpaired) electrons. The maximum absolute atomic E-state index is 11.9. The van der Waals surface area contributed by atoms with Gasteiger partial charge < -0.3 is 5.32 Å². The Labute approximate surface area is 99.6 Å². The molecule has 0 fully saturated rings. The highest BCUT2D eigenvalue weighted by Crippen LogP contribution is 2.16. The molecule has 1 atom stereocenters. The van der Waals surface area contributed by atoms with Crippen molar-refractivity contribution in [3.05, 3.63) is 21.6 Å². The summed E-state index contributed by atoms with van der Waals surface area (Å²) in [7, 11) is 0. The van der Waals surface area contributed by atoms with Crippen molar-refractivity contribution < 1.29 is 0 Å². The van der Waals surface area contributed by atoms with E-state index >= 15 is 0 Å². The average molecular weight is 240 g/mol. The molecule has 4 nitrogen and oxygen atoms in total. The SMILES string of the molecule is C#CCn1ncc(Cl)c(NC(C)CC)c1=O. The van der Waals surface area contributed by atoms with Crippen LogP contribution in [-0.4, -0.2) is 15.8 Å². The molecule has 0 saturated carbocycles. The highest BCUT2D eigenvalue weighted by atomic mass is 35.5. The van der Waals surface area contributed by atoms with Crippen molar-refractivity contribution in [1.82, 2.24) is 9.78 Å². The smallest absolute Gasteiger partial charge is 0.292 e. The second-order valence-electron chi connectivity index (χ2n) is 3.49. The van der Waals surface area contributed by atoms with E-state index in [1.807, 2.05) is 13.8 Å². The van der Waals surface area contributed by atoms with E-state index in [4.69, 9.17) is 18.0 Å². The summed E-state index contributed by atoms with van der Waals surface area (Å²) in [6.45, 7) is 4.14. The van der Waals surface area contributed by atoms with Crippen LogP contribution in [0.3, 0.4) is 0 Å².